The maximum Gasteiger partial charge on any atom is 0.129 e. The van der Waals surface area contributed by atoms with Crippen LogP contribution >= 0.6 is 0 Å². The first-order chi connectivity index (χ1) is 7.97. The Morgan fingerprint density at radius 1 is 1.18 bits per heavy atom. The molecule has 0 heterocycles. The number of hydrogen-bond acceptors (Lipinski definition) is 2. The molecule has 0 radical (unpaired) electrons. The highest BCUT2D eigenvalue weighted by molar-refractivity contribution is 7.84. The van der Waals surface area contributed by atoms with Crippen LogP contribution in [0, 0.1) is 13.8 Å². The molecular weight excluding hydrogens is 232 g/mol. The van der Waals surface area contributed by atoms with Gasteiger partial charge < -0.3 is 4.79 Å². The fourth-order valence-corrected chi connectivity index (χ4v) is 3.04. The number of hydrogen-bond donors (Lipinski definition) is 0. The number of aryl methyl sites for hydroxylation is 2. The zero-order chi connectivity index (χ0) is 12.8. The number of carbonyl (C=O) groups is 1. The average Bonchev–Trinajstić information content (AvgIpc) is 2.14. The minimum Gasteiger partial charge on any atom is -0.300 e. The van der Waals surface area contributed by atoms with Gasteiger partial charge >= 0.3 is 0 Å². The van der Waals surface area contributed by atoms with Crippen molar-refractivity contribution in [2.45, 2.75) is 39.4 Å². The lowest BCUT2D eigenvalue weighted by Crippen LogP contribution is -2.03. The summed E-state index contributed by atoms with van der Waals surface area (Å²) in [5, 5.41) is 0. The molecule has 0 N–H and O–H groups in total. The van der Waals surface area contributed by atoms with E-state index in [-0.39, 0.29) is 5.78 Å². The van der Waals surface area contributed by atoms with E-state index in [0.29, 0.717) is 17.9 Å². The number of carbonyl (C=O) groups excluding carboxylic acids is 1. The third kappa shape index (κ3) is 5.78. The van der Waals surface area contributed by atoms with Crippen LogP contribution in [0.2, 0.25) is 0 Å². The van der Waals surface area contributed by atoms with Crippen molar-refractivity contribution in [3.63, 3.8) is 0 Å². The molecule has 17 heavy (non-hydrogen) atoms. The van der Waals surface area contributed by atoms with Crippen molar-refractivity contribution in [2.24, 2.45) is 0 Å². The summed E-state index contributed by atoms with van der Waals surface area (Å²) < 4.78 is 11.8. The molecule has 1 rings (SSSR count). The molecule has 0 aliphatic heterocycles. The fraction of sp³-hybridized carbons (Fsp3) is 0.500. The second-order valence-corrected chi connectivity index (χ2v) is 6.17. The van der Waals surface area contributed by atoms with E-state index in [2.05, 4.69) is 32.0 Å². The molecule has 94 valence electrons. The lowest BCUT2D eigenvalue weighted by atomic mass is 10.1. The first-order valence-corrected chi connectivity index (χ1v) is 7.38. The van der Waals surface area contributed by atoms with Gasteiger partial charge in [0.1, 0.15) is 5.78 Å². The molecule has 1 atom stereocenters. The smallest absolute Gasteiger partial charge is 0.129 e. The predicted octanol–water partition coefficient (Wildman–Crippen LogP) is 2.92. The molecular formula is C14H20O2S. The van der Waals surface area contributed by atoms with Crippen LogP contribution in [0.1, 0.15) is 36.5 Å². The first kappa shape index (κ1) is 14.1. The van der Waals surface area contributed by atoms with Gasteiger partial charge in [-0.3, -0.25) is 4.21 Å². The van der Waals surface area contributed by atoms with E-state index in [1.807, 2.05) is 0 Å². The van der Waals surface area contributed by atoms with Crippen molar-refractivity contribution >= 4 is 16.6 Å². The molecule has 1 aromatic rings. The van der Waals surface area contributed by atoms with Gasteiger partial charge in [0.15, 0.2) is 0 Å². The SMILES string of the molecule is CC(=O)CCCS(=O)Cc1cc(C)cc(C)c1. The monoisotopic (exact) mass is 252 g/mol. The first-order valence-electron chi connectivity index (χ1n) is 5.89. The highest BCUT2D eigenvalue weighted by atomic mass is 32.2. The summed E-state index contributed by atoms with van der Waals surface area (Å²) in [4.78, 5) is 10.8. The van der Waals surface area contributed by atoms with E-state index in [0.717, 1.165) is 12.0 Å². The molecule has 0 spiro atoms. The highest BCUT2D eigenvalue weighted by Gasteiger charge is 2.04. The van der Waals surface area contributed by atoms with E-state index in [9.17, 15) is 9.00 Å². The molecule has 0 aliphatic rings. The molecule has 2 nitrogen and oxygen atoms in total. The maximum atomic E-state index is 11.8. The molecule has 0 amide bonds. The molecule has 3 heteroatoms. The van der Waals surface area contributed by atoms with Crippen LogP contribution in [0.4, 0.5) is 0 Å². The Labute approximate surface area is 106 Å². The van der Waals surface area contributed by atoms with Crippen LogP contribution in [-0.2, 0) is 21.3 Å². The van der Waals surface area contributed by atoms with Crippen molar-refractivity contribution in [1.82, 2.24) is 0 Å². The third-order valence-corrected chi connectivity index (χ3v) is 3.91. The van der Waals surface area contributed by atoms with Gasteiger partial charge in [0.25, 0.3) is 0 Å². The summed E-state index contributed by atoms with van der Waals surface area (Å²) in [6.45, 7) is 5.68. The van der Waals surface area contributed by atoms with Crippen molar-refractivity contribution < 1.29 is 9.00 Å². The number of rotatable bonds is 6. The molecule has 0 saturated heterocycles. The second-order valence-electron chi connectivity index (χ2n) is 4.59. The molecule has 0 bridgehead atoms. The number of benzene rings is 1. The number of ketones is 1. The molecule has 0 fully saturated rings. The van der Waals surface area contributed by atoms with Crippen LogP contribution < -0.4 is 0 Å². The van der Waals surface area contributed by atoms with Gasteiger partial charge in [0.2, 0.25) is 0 Å². The maximum absolute atomic E-state index is 11.8. The van der Waals surface area contributed by atoms with Crippen molar-refractivity contribution in [1.29, 1.82) is 0 Å². The van der Waals surface area contributed by atoms with E-state index in [1.54, 1.807) is 6.92 Å². The Balaban J connectivity index is 2.47. The van der Waals surface area contributed by atoms with Gasteiger partial charge in [-0.05, 0) is 32.8 Å². The standard InChI is InChI=1S/C14H20O2S/c1-11-7-12(2)9-14(8-11)10-17(16)6-4-5-13(3)15/h7-9H,4-6,10H2,1-3H3. The van der Waals surface area contributed by atoms with Crippen molar-refractivity contribution in [3.8, 4) is 0 Å². The summed E-state index contributed by atoms with van der Waals surface area (Å²) in [7, 11) is -0.856. The fourth-order valence-electron chi connectivity index (χ4n) is 1.89. The van der Waals surface area contributed by atoms with Gasteiger partial charge in [-0.25, -0.2) is 0 Å². The van der Waals surface area contributed by atoms with Gasteiger partial charge in [0.05, 0.1) is 0 Å². The lowest BCUT2D eigenvalue weighted by molar-refractivity contribution is -0.117. The minimum atomic E-state index is -0.856. The normalized spacial score (nSPS) is 12.4. The van der Waals surface area contributed by atoms with Crippen molar-refractivity contribution in [3.05, 3.63) is 34.9 Å². The van der Waals surface area contributed by atoms with E-state index in [1.165, 1.54) is 11.1 Å². The van der Waals surface area contributed by atoms with Gasteiger partial charge in [-0.2, -0.15) is 0 Å². The van der Waals surface area contributed by atoms with Crippen LogP contribution in [0.25, 0.3) is 0 Å². The molecule has 0 aliphatic carbocycles. The summed E-state index contributed by atoms with van der Waals surface area (Å²) in [6, 6.07) is 6.27. The van der Waals surface area contributed by atoms with Crippen LogP contribution in [-0.4, -0.2) is 15.7 Å². The van der Waals surface area contributed by atoms with E-state index in [4.69, 9.17) is 0 Å². The Morgan fingerprint density at radius 2 is 1.76 bits per heavy atom. The summed E-state index contributed by atoms with van der Waals surface area (Å²) in [5.74, 6) is 1.39. The molecule has 0 aromatic heterocycles. The van der Waals surface area contributed by atoms with Crippen LogP contribution in [0.3, 0.4) is 0 Å². The van der Waals surface area contributed by atoms with Crippen LogP contribution in [0.15, 0.2) is 18.2 Å². The molecule has 1 unspecified atom stereocenters. The Bertz CT molecular complexity index is 404. The van der Waals surface area contributed by atoms with Crippen LogP contribution in [0.5, 0.6) is 0 Å². The minimum absolute atomic E-state index is 0.174. The largest absolute Gasteiger partial charge is 0.300 e. The van der Waals surface area contributed by atoms with Crippen molar-refractivity contribution in [2.75, 3.05) is 5.75 Å². The third-order valence-electron chi connectivity index (χ3n) is 2.51. The predicted molar refractivity (Wildman–Crippen MR) is 72.5 cm³/mol. The zero-order valence-electron chi connectivity index (χ0n) is 10.8. The Morgan fingerprint density at radius 3 is 2.29 bits per heavy atom. The number of Topliss-reactive ketones (excluding diaryl/α,β-unsaturated/α-hetero) is 1. The van der Waals surface area contributed by atoms with Gasteiger partial charge in [-0.15, -0.1) is 0 Å². The summed E-state index contributed by atoms with van der Waals surface area (Å²) in [5.41, 5.74) is 3.55. The highest BCUT2D eigenvalue weighted by Crippen LogP contribution is 2.11. The second kappa shape index (κ2) is 6.70. The Hall–Kier alpha value is -0.960. The topological polar surface area (TPSA) is 34.1 Å². The lowest BCUT2D eigenvalue weighted by Gasteiger charge is -2.05. The average molecular weight is 252 g/mol. The zero-order valence-corrected chi connectivity index (χ0v) is 11.6. The Kier molecular flexibility index (Phi) is 5.56. The molecule has 1 aromatic carbocycles. The summed E-state index contributed by atoms with van der Waals surface area (Å²) in [6.07, 6.45) is 1.27. The quantitative estimate of drug-likeness (QED) is 0.780. The van der Waals surface area contributed by atoms with E-state index < -0.39 is 10.8 Å². The molecule has 0 saturated carbocycles. The van der Waals surface area contributed by atoms with Gasteiger partial charge in [0, 0.05) is 28.7 Å². The van der Waals surface area contributed by atoms with Gasteiger partial charge in [-0.1, -0.05) is 29.3 Å². The van der Waals surface area contributed by atoms with E-state index >= 15 is 0 Å². The summed E-state index contributed by atoms with van der Waals surface area (Å²) >= 11 is 0.